The van der Waals surface area contributed by atoms with E-state index in [4.69, 9.17) is 0 Å². The second kappa shape index (κ2) is 13.3. The molecule has 7 rings (SSSR count). The van der Waals surface area contributed by atoms with Gasteiger partial charge in [-0.15, -0.1) is 11.3 Å². The summed E-state index contributed by atoms with van der Waals surface area (Å²) in [6.07, 6.45) is -14.0. The van der Waals surface area contributed by atoms with Crippen LogP contribution in [0.15, 0.2) is 133 Å². The maximum absolute atomic E-state index is 15.3. The number of halogens is 9. The zero-order chi connectivity index (χ0) is 38.8. The summed E-state index contributed by atoms with van der Waals surface area (Å²) in [5.74, 6) is 0. The Kier molecular flexibility index (Phi) is 9.27. The Hall–Kier alpha value is -4.63. The number of hydrogen-bond donors (Lipinski definition) is 0. The van der Waals surface area contributed by atoms with E-state index in [-0.39, 0.29) is 21.2 Å². The van der Waals surface area contributed by atoms with Crippen molar-refractivity contribution in [1.82, 2.24) is 0 Å². The van der Waals surface area contributed by atoms with Crippen LogP contribution in [0.2, 0.25) is 0 Å². The molecule has 2 nitrogen and oxygen atoms in total. The van der Waals surface area contributed by atoms with E-state index in [1.165, 1.54) is 29.5 Å². The first-order chi connectivity index (χ1) is 25.3. The summed E-state index contributed by atoms with van der Waals surface area (Å²) < 4.78 is 153. The van der Waals surface area contributed by atoms with Crippen molar-refractivity contribution in [1.29, 1.82) is 0 Å². The minimum atomic E-state index is -4.69. The SMILES string of the molecule is Cc1ccc(P(=O)(c2ccc(C(F)(F)F)cc2)c2ccc3sc4ccc(P(=O)(c5ccc(C(F)(F)F)cc5)c5ccc(C(F)(F)F)cc5)cc4c3c2)cc1. The fraction of sp³-hybridized carbons (Fsp3) is 0.100. The summed E-state index contributed by atoms with van der Waals surface area (Å²) in [6.45, 7) is 1.84. The normalized spacial score (nSPS) is 14.0. The van der Waals surface area contributed by atoms with E-state index in [0.29, 0.717) is 30.8 Å². The standard InChI is InChI=1S/C40H25F9O2P2S/c1-24-2-10-28(11-3-24)52(50,29-12-4-25(5-13-29)38(41,42)43)32-18-20-36-34(22-32)35-23-33(19-21-37(35)54-36)53(51,30-14-6-26(7-15-30)39(44,45)46)31-16-8-27(9-17-31)40(47,48)49/h2-23H,1H3. The van der Waals surface area contributed by atoms with Crippen molar-refractivity contribution < 1.29 is 48.6 Å². The zero-order valence-corrected chi connectivity index (χ0v) is 30.3. The summed E-state index contributed by atoms with van der Waals surface area (Å²) >= 11 is 1.35. The highest BCUT2D eigenvalue weighted by atomic mass is 32.1. The summed E-state index contributed by atoms with van der Waals surface area (Å²) in [5.41, 5.74) is -2.03. The Morgan fingerprint density at radius 1 is 0.389 bits per heavy atom. The van der Waals surface area contributed by atoms with Crippen LogP contribution in [-0.2, 0) is 27.7 Å². The Labute approximate surface area is 306 Å². The molecule has 276 valence electrons. The molecule has 0 N–H and O–H groups in total. The molecule has 0 radical (unpaired) electrons. The molecule has 6 aromatic carbocycles. The predicted molar refractivity (Wildman–Crippen MR) is 198 cm³/mol. The molecule has 0 fully saturated rings. The fourth-order valence-corrected chi connectivity index (χ4v) is 12.7. The van der Waals surface area contributed by atoms with Gasteiger partial charge in [0, 0.05) is 52.0 Å². The average Bonchev–Trinajstić information content (AvgIpc) is 3.51. The summed E-state index contributed by atoms with van der Waals surface area (Å²) in [7, 11) is -7.92. The van der Waals surface area contributed by atoms with Crippen molar-refractivity contribution in [2.24, 2.45) is 0 Å². The van der Waals surface area contributed by atoms with Gasteiger partial charge in [0.25, 0.3) is 0 Å². The van der Waals surface area contributed by atoms with Gasteiger partial charge in [-0.3, -0.25) is 0 Å². The van der Waals surface area contributed by atoms with E-state index in [0.717, 1.165) is 66.2 Å². The van der Waals surface area contributed by atoms with Crippen LogP contribution < -0.4 is 31.8 Å². The quantitative estimate of drug-likeness (QED) is 0.124. The zero-order valence-electron chi connectivity index (χ0n) is 27.7. The number of fused-ring (bicyclic) bond motifs is 3. The molecule has 7 aromatic rings. The highest BCUT2D eigenvalue weighted by Gasteiger charge is 2.37. The van der Waals surface area contributed by atoms with Crippen LogP contribution in [0.3, 0.4) is 0 Å². The Bertz CT molecular complexity index is 2550. The summed E-state index contributed by atoms with van der Waals surface area (Å²) in [5, 5.41) is 1.97. The van der Waals surface area contributed by atoms with Crippen LogP contribution in [0, 0.1) is 6.92 Å². The predicted octanol–water partition coefficient (Wildman–Crippen LogP) is 10.7. The third-order valence-electron chi connectivity index (χ3n) is 9.24. The molecule has 0 spiro atoms. The number of alkyl halides is 9. The van der Waals surface area contributed by atoms with Crippen LogP contribution >= 0.6 is 25.6 Å². The number of hydrogen-bond acceptors (Lipinski definition) is 3. The largest absolute Gasteiger partial charge is 0.416 e. The third-order valence-corrected chi connectivity index (χ3v) is 16.5. The second-order valence-electron chi connectivity index (χ2n) is 12.7. The topological polar surface area (TPSA) is 34.1 Å². The molecule has 1 aromatic heterocycles. The molecule has 1 heterocycles. The Morgan fingerprint density at radius 3 is 0.926 bits per heavy atom. The lowest BCUT2D eigenvalue weighted by molar-refractivity contribution is -0.138. The van der Waals surface area contributed by atoms with Crippen LogP contribution in [0.25, 0.3) is 20.2 Å². The van der Waals surface area contributed by atoms with E-state index in [2.05, 4.69) is 0 Å². The van der Waals surface area contributed by atoms with Gasteiger partial charge in [-0.05, 0) is 79.7 Å². The monoisotopic (exact) mass is 802 g/mol. The first kappa shape index (κ1) is 37.7. The van der Waals surface area contributed by atoms with E-state index in [1.54, 1.807) is 54.6 Å². The molecule has 0 saturated carbocycles. The molecule has 0 amide bonds. The smallest absolute Gasteiger partial charge is 0.309 e. The number of thiophene rings is 1. The van der Waals surface area contributed by atoms with Crippen LogP contribution in [-0.4, -0.2) is 0 Å². The molecule has 0 aliphatic carbocycles. The van der Waals surface area contributed by atoms with Crippen LogP contribution in [0.1, 0.15) is 22.3 Å². The van der Waals surface area contributed by atoms with Gasteiger partial charge in [0.2, 0.25) is 0 Å². The maximum Gasteiger partial charge on any atom is 0.416 e. The van der Waals surface area contributed by atoms with Crippen molar-refractivity contribution in [3.8, 4) is 0 Å². The molecular weight excluding hydrogens is 777 g/mol. The van der Waals surface area contributed by atoms with Gasteiger partial charge in [-0.25, -0.2) is 0 Å². The Morgan fingerprint density at radius 2 is 0.648 bits per heavy atom. The summed E-state index contributed by atoms with van der Waals surface area (Å²) in [4.78, 5) is 0. The Balaban J connectivity index is 1.43. The van der Waals surface area contributed by atoms with Crippen molar-refractivity contribution in [3.63, 3.8) is 0 Å². The van der Waals surface area contributed by atoms with Gasteiger partial charge in [0.15, 0.2) is 14.3 Å². The number of rotatable bonds is 6. The average molecular weight is 803 g/mol. The van der Waals surface area contributed by atoms with Gasteiger partial charge >= 0.3 is 18.5 Å². The lowest BCUT2D eigenvalue weighted by atomic mass is 10.1. The molecule has 0 saturated heterocycles. The van der Waals surface area contributed by atoms with E-state index in [1.807, 2.05) is 6.92 Å². The molecule has 1 atom stereocenters. The summed E-state index contributed by atoms with van der Waals surface area (Å²) in [6, 6.07) is 28.0. The lowest BCUT2D eigenvalue weighted by Crippen LogP contribution is -2.26. The minimum absolute atomic E-state index is 0.0407. The van der Waals surface area contributed by atoms with Crippen molar-refractivity contribution >= 4 is 77.6 Å². The molecular formula is C40H25F9O2P2S. The van der Waals surface area contributed by atoms with E-state index < -0.39 is 49.5 Å². The molecule has 0 aliphatic rings. The van der Waals surface area contributed by atoms with Crippen LogP contribution in [0.4, 0.5) is 39.5 Å². The van der Waals surface area contributed by atoms with Gasteiger partial charge in [-0.1, -0.05) is 66.2 Å². The third kappa shape index (κ3) is 6.69. The molecule has 54 heavy (non-hydrogen) atoms. The minimum Gasteiger partial charge on any atom is -0.309 e. The number of aryl methyl sites for hydroxylation is 1. The second-order valence-corrected chi connectivity index (χ2v) is 19.3. The molecule has 0 aliphatic heterocycles. The maximum atomic E-state index is 15.3. The van der Waals surface area contributed by atoms with Crippen LogP contribution in [0.5, 0.6) is 0 Å². The molecule has 14 heteroatoms. The van der Waals surface area contributed by atoms with E-state index >= 15 is 9.13 Å². The highest BCUT2D eigenvalue weighted by Crippen LogP contribution is 2.48. The molecule has 0 bridgehead atoms. The van der Waals surface area contributed by atoms with Crippen molar-refractivity contribution in [3.05, 3.63) is 156 Å². The van der Waals surface area contributed by atoms with Gasteiger partial charge in [0.1, 0.15) is 0 Å². The van der Waals surface area contributed by atoms with Crippen molar-refractivity contribution in [2.75, 3.05) is 0 Å². The highest BCUT2D eigenvalue weighted by molar-refractivity contribution is 7.85. The van der Waals surface area contributed by atoms with E-state index in [9.17, 15) is 39.5 Å². The fourth-order valence-electron chi connectivity index (χ4n) is 6.38. The molecule has 1 unspecified atom stereocenters. The van der Waals surface area contributed by atoms with Gasteiger partial charge in [-0.2, -0.15) is 39.5 Å². The van der Waals surface area contributed by atoms with Gasteiger partial charge in [0.05, 0.1) is 16.7 Å². The van der Waals surface area contributed by atoms with Gasteiger partial charge < -0.3 is 9.13 Å². The first-order valence-corrected chi connectivity index (χ1v) is 20.3. The van der Waals surface area contributed by atoms with Crippen molar-refractivity contribution in [2.45, 2.75) is 25.5 Å². The first-order valence-electron chi connectivity index (χ1n) is 16.1. The number of benzene rings is 6. The lowest BCUT2D eigenvalue weighted by Gasteiger charge is -2.22.